The van der Waals surface area contributed by atoms with Crippen molar-refractivity contribution < 1.29 is 14.3 Å². The molecule has 1 aliphatic heterocycles. The van der Waals surface area contributed by atoms with Crippen LogP contribution in [-0.2, 0) is 9.59 Å². The average molecular weight is 324 g/mol. The van der Waals surface area contributed by atoms with Crippen molar-refractivity contribution in [3.05, 3.63) is 54.6 Å². The summed E-state index contributed by atoms with van der Waals surface area (Å²) in [5, 5.41) is 3.13. The highest BCUT2D eigenvalue weighted by Crippen LogP contribution is 2.32. The molecule has 0 spiro atoms. The summed E-state index contributed by atoms with van der Waals surface area (Å²) >= 11 is 0. The number of anilines is 2. The van der Waals surface area contributed by atoms with Crippen LogP contribution in [0.4, 0.5) is 11.4 Å². The molecule has 0 aromatic heterocycles. The maximum absolute atomic E-state index is 12.7. The van der Waals surface area contributed by atoms with Crippen LogP contribution in [0, 0.1) is 0 Å². The van der Waals surface area contributed by atoms with Crippen LogP contribution in [-0.4, -0.2) is 24.5 Å². The molecule has 5 heteroatoms. The topological polar surface area (TPSA) is 58.6 Å². The number of nitrogens with zero attached hydrogens (tertiary/aromatic N) is 1. The molecule has 1 fully saturated rings. The number of hydrogen-bond acceptors (Lipinski definition) is 4. The molecule has 0 bridgehead atoms. The van der Waals surface area contributed by atoms with Gasteiger partial charge in [-0.05, 0) is 30.7 Å². The Morgan fingerprint density at radius 3 is 2.54 bits per heavy atom. The van der Waals surface area contributed by atoms with Crippen molar-refractivity contribution in [2.24, 2.45) is 0 Å². The molecule has 5 nitrogen and oxygen atoms in total. The van der Waals surface area contributed by atoms with E-state index in [0.29, 0.717) is 18.0 Å². The van der Waals surface area contributed by atoms with Gasteiger partial charge in [0.25, 0.3) is 5.91 Å². The van der Waals surface area contributed by atoms with E-state index in [9.17, 15) is 9.59 Å². The highest BCUT2D eigenvalue weighted by atomic mass is 16.5. The van der Waals surface area contributed by atoms with Gasteiger partial charge in [0.1, 0.15) is 11.8 Å². The zero-order valence-corrected chi connectivity index (χ0v) is 13.6. The molecule has 1 N–H and O–H groups in total. The number of nitrogens with one attached hydrogen (secondary N) is 1. The highest BCUT2D eigenvalue weighted by molar-refractivity contribution is 6.23. The Morgan fingerprint density at radius 1 is 1.08 bits per heavy atom. The van der Waals surface area contributed by atoms with E-state index in [2.05, 4.69) is 5.32 Å². The fourth-order valence-corrected chi connectivity index (χ4v) is 2.71. The van der Waals surface area contributed by atoms with Gasteiger partial charge in [0.15, 0.2) is 0 Å². The van der Waals surface area contributed by atoms with Crippen molar-refractivity contribution in [3.63, 3.8) is 0 Å². The summed E-state index contributed by atoms with van der Waals surface area (Å²) < 4.78 is 5.68. The first kappa shape index (κ1) is 16.1. The van der Waals surface area contributed by atoms with Crippen LogP contribution in [0.5, 0.6) is 5.75 Å². The van der Waals surface area contributed by atoms with E-state index < -0.39 is 6.04 Å². The largest absolute Gasteiger partial charge is 0.491 e. The Balaban J connectivity index is 1.82. The van der Waals surface area contributed by atoms with Crippen LogP contribution < -0.4 is 15.0 Å². The van der Waals surface area contributed by atoms with Crippen molar-refractivity contribution in [1.82, 2.24) is 0 Å². The van der Waals surface area contributed by atoms with Gasteiger partial charge in [0.2, 0.25) is 5.91 Å². The minimum atomic E-state index is -0.556. The van der Waals surface area contributed by atoms with E-state index in [4.69, 9.17) is 4.74 Å². The Labute approximate surface area is 141 Å². The Morgan fingerprint density at radius 2 is 1.79 bits per heavy atom. The predicted molar refractivity (Wildman–Crippen MR) is 93.2 cm³/mol. The molecule has 24 heavy (non-hydrogen) atoms. The maximum Gasteiger partial charge on any atom is 0.256 e. The first-order valence-electron chi connectivity index (χ1n) is 8.11. The van der Waals surface area contributed by atoms with Gasteiger partial charge in [-0.25, -0.2) is 4.90 Å². The van der Waals surface area contributed by atoms with Crippen LogP contribution in [0.2, 0.25) is 0 Å². The second-order valence-corrected chi connectivity index (χ2v) is 5.65. The van der Waals surface area contributed by atoms with Gasteiger partial charge in [-0.2, -0.15) is 0 Å². The summed E-state index contributed by atoms with van der Waals surface area (Å²) in [6.45, 7) is 2.55. The minimum Gasteiger partial charge on any atom is -0.491 e. The summed E-state index contributed by atoms with van der Waals surface area (Å²) in [6.07, 6.45) is 0.990. The fourth-order valence-electron chi connectivity index (χ4n) is 2.71. The summed E-state index contributed by atoms with van der Waals surface area (Å²) in [5.41, 5.74) is 1.33. The van der Waals surface area contributed by atoms with Crippen LogP contribution in [0.25, 0.3) is 0 Å². The number of carbonyl (C=O) groups excluding carboxylic acids is 2. The van der Waals surface area contributed by atoms with Crippen LogP contribution >= 0.6 is 0 Å². The molecule has 3 rings (SSSR count). The molecule has 1 saturated heterocycles. The minimum absolute atomic E-state index is 0.135. The predicted octanol–water partition coefficient (Wildman–Crippen LogP) is 3.22. The van der Waals surface area contributed by atoms with Crippen LogP contribution in [0.1, 0.15) is 19.8 Å². The third-order valence-corrected chi connectivity index (χ3v) is 3.83. The van der Waals surface area contributed by atoms with Gasteiger partial charge in [0, 0.05) is 5.69 Å². The van der Waals surface area contributed by atoms with Crippen molar-refractivity contribution in [1.29, 1.82) is 0 Å². The van der Waals surface area contributed by atoms with E-state index in [1.54, 1.807) is 18.2 Å². The van der Waals surface area contributed by atoms with Crippen LogP contribution in [0.3, 0.4) is 0 Å². The first-order valence-corrected chi connectivity index (χ1v) is 8.11. The van der Waals surface area contributed by atoms with E-state index in [1.807, 2.05) is 43.3 Å². The monoisotopic (exact) mass is 324 g/mol. The van der Waals surface area contributed by atoms with Gasteiger partial charge in [-0.15, -0.1) is 0 Å². The summed E-state index contributed by atoms with van der Waals surface area (Å²) in [6, 6.07) is 16.0. The SMILES string of the molecule is CCCOc1ccccc1N1C(=O)C[C@H](Nc2ccccc2)C1=O. The molecule has 0 aliphatic carbocycles. The average Bonchev–Trinajstić information content (AvgIpc) is 2.88. The maximum atomic E-state index is 12.7. The molecule has 2 aromatic rings. The fraction of sp³-hybridized carbons (Fsp3) is 0.263. The van der Waals surface area contributed by atoms with Gasteiger partial charge < -0.3 is 10.1 Å². The van der Waals surface area contributed by atoms with Crippen molar-refractivity contribution in [2.45, 2.75) is 25.8 Å². The molecule has 0 saturated carbocycles. The number of ether oxygens (including phenoxy) is 1. The quantitative estimate of drug-likeness (QED) is 0.829. The van der Waals surface area contributed by atoms with Crippen molar-refractivity contribution >= 4 is 23.2 Å². The number of amides is 2. The smallest absolute Gasteiger partial charge is 0.256 e. The normalized spacial score (nSPS) is 17.2. The summed E-state index contributed by atoms with van der Waals surface area (Å²) in [4.78, 5) is 26.4. The molecule has 0 unspecified atom stereocenters. The lowest BCUT2D eigenvalue weighted by molar-refractivity contribution is -0.121. The second-order valence-electron chi connectivity index (χ2n) is 5.65. The molecule has 2 amide bonds. The number of rotatable bonds is 6. The molecular formula is C19H20N2O3. The molecule has 124 valence electrons. The molecule has 1 atom stereocenters. The number of para-hydroxylation sites is 3. The summed E-state index contributed by atoms with van der Waals surface area (Å²) in [5.74, 6) is 0.0822. The highest BCUT2D eigenvalue weighted by Gasteiger charge is 2.40. The molecule has 2 aromatic carbocycles. The first-order chi connectivity index (χ1) is 11.7. The molecule has 0 radical (unpaired) electrons. The van der Waals surface area contributed by atoms with Gasteiger partial charge in [-0.3, -0.25) is 9.59 Å². The van der Waals surface area contributed by atoms with Gasteiger partial charge in [-0.1, -0.05) is 37.3 Å². The van der Waals surface area contributed by atoms with E-state index in [1.165, 1.54) is 4.90 Å². The molecule has 1 heterocycles. The lowest BCUT2D eigenvalue weighted by atomic mass is 10.2. The summed E-state index contributed by atoms with van der Waals surface area (Å²) in [7, 11) is 0. The van der Waals surface area contributed by atoms with Crippen molar-refractivity contribution in [2.75, 3.05) is 16.8 Å². The number of hydrogen-bond donors (Lipinski definition) is 1. The lowest BCUT2D eigenvalue weighted by Crippen LogP contribution is -2.35. The zero-order valence-electron chi connectivity index (χ0n) is 13.6. The third-order valence-electron chi connectivity index (χ3n) is 3.83. The lowest BCUT2D eigenvalue weighted by Gasteiger charge is -2.19. The molecular weight excluding hydrogens is 304 g/mol. The van der Waals surface area contributed by atoms with Crippen LogP contribution in [0.15, 0.2) is 54.6 Å². The van der Waals surface area contributed by atoms with E-state index in [0.717, 1.165) is 12.1 Å². The van der Waals surface area contributed by atoms with E-state index in [-0.39, 0.29) is 18.2 Å². The zero-order chi connectivity index (χ0) is 16.9. The Hall–Kier alpha value is -2.82. The second kappa shape index (κ2) is 7.17. The molecule has 1 aliphatic rings. The van der Waals surface area contributed by atoms with E-state index >= 15 is 0 Å². The third kappa shape index (κ3) is 3.25. The Bertz CT molecular complexity index is 730. The number of benzene rings is 2. The number of carbonyl (C=O) groups is 2. The number of imide groups is 1. The Kier molecular flexibility index (Phi) is 4.79. The van der Waals surface area contributed by atoms with Gasteiger partial charge in [0.05, 0.1) is 18.7 Å². The van der Waals surface area contributed by atoms with Crippen molar-refractivity contribution in [3.8, 4) is 5.75 Å². The van der Waals surface area contributed by atoms with Gasteiger partial charge >= 0.3 is 0 Å². The standard InChI is InChI=1S/C19H20N2O3/c1-2-12-24-17-11-7-6-10-16(17)21-18(22)13-15(19(21)23)20-14-8-4-3-5-9-14/h3-11,15,20H,2,12-13H2,1H3/t15-/m0/s1.